The van der Waals surface area contributed by atoms with E-state index in [9.17, 15) is 0 Å². The van der Waals surface area contributed by atoms with Crippen LogP contribution in [0.1, 0.15) is 6.92 Å². The van der Waals surface area contributed by atoms with Gasteiger partial charge in [0, 0.05) is 7.05 Å². The van der Waals surface area contributed by atoms with E-state index in [2.05, 4.69) is 18.5 Å². The summed E-state index contributed by atoms with van der Waals surface area (Å²) in [7, 11) is 1.78. The predicted molar refractivity (Wildman–Crippen MR) is 57.2 cm³/mol. The van der Waals surface area contributed by atoms with Crippen molar-refractivity contribution in [3.8, 4) is 0 Å². The van der Waals surface area contributed by atoms with Crippen LogP contribution < -0.4 is 5.32 Å². The summed E-state index contributed by atoms with van der Waals surface area (Å²) in [5, 5.41) is 2.81. The fourth-order valence-electron chi connectivity index (χ4n) is 0.662. The zero-order valence-electron chi connectivity index (χ0n) is 8.34. The molecule has 13 heavy (non-hydrogen) atoms. The maximum Gasteiger partial charge on any atom is 0.179 e. The van der Waals surface area contributed by atoms with Crippen LogP contribution in [0.15, 0.2) is 48.9 Å². The van der Waals surface area contributed by atoms with Gasteiger partial charge in [-0.3, -0.25) is 0 Å². The predicted octanol–water partition coefficient (Wildman–Crippen LogP) is 2.38. The van der Waals surface area contributed by atoms with E-state index in [1.165, 1.54) is 0 Å². The summed E-state index contributed by atoms with van der Waals surface area (Å²) in [4.78, 5) is 0. The summed E-state index contributed by atoms with van der Waals surface area (Å²) in [5.74, 6) is 0.575. The van der Waals surface area contributed by atoms with Gasteiger partial charge in [0.05, 0.1) is 0 Å². The highest BCUT2D eigenvalue weighted by Crippen LogP contribution is 2.00. The maximum atomic E-state index is 5.28. The molecule has 0 aromatic carbocycles. The van der Waals surface area contributed by atoms with Gasteiger partial charge < -0.3 is 10.1 Å². The van der Waals surface area contributed by atoms with E-state index in [1.54, 1.807) is 13.1 Å². The summed E-state index contributed by atoms with van der Waals surface area (Å²) >= 11 is 0. The van der Waals surface area contributed by atoms with Crippen LogP contribution in [0.3, 0.4) is 0 Å². The van der Waals surface area contributed by atoms with Gasteiger partial charge in [-0.1, -0.05) is 30.9 Å². The summed E-state index contributed by atoms with van der Waals surface area (Å²) in [6.45, 7) is 9.74. The maximum absolute atomic E-state index is 5.28. The molecule has 0 fully saturated rings. The van der Waals surface area contributed by atoms with Crippen molar-refractivity contribution in [2.24, 2.45) is 0 Å². The van der Waals surface area contributed by atoms with Gasteiger partial charge in [0.25, 0.3) is 0 Å². The van der Waals surface area contributed by atoms with Crippen LogP contribution in [-0.2, 0) is 4.74 Å². The van der Waals surface area contributed by atoms with E-state index >= 15 is 0 Å². The zero-order valence-corrected chi connectivity index (χ0v) is 8.34. The molecule has 0 unspecified atom stereocenters. The standard InChI is InChI=1S/C11H17NO/c1-5-7-8-11(6-2)9-13-10(3)12-4/h5-8,12H,1,3,9H2,2,4H3/b8-7-,11-6+. The van der Waals surface area contributed by atoms with Crippen molar-refractivity contribution >= 4 is 0 Å². The third-order valence-corrected chi connectivity index (χ3v) is 1.51. The molecule has 72 valence electrons. The Morgan fingerprint density at radius 1 is 1.54 bits per heavy atom. The minimum atomic E-state index is 0.528. The molecule has 0 spiro atoms. The molecule has 1 N–H and O–H groups in total. The van der Waals surface area contributed by atoms with E-state index < -0.39 is 0 Å². The number of hydrogen-bond acceptors (Lipinski definition) is 2. The largest absolute Gasteiger partial charge is 0.475 e. The summed E-state index contributed by atoms with van der Waals surface area (Å²) in [5.41, 5.74) is 1.09. The number of nitrogens with one attached hydrogen (secondary N) is 1. The smallest absolute Gasteiger partial charge is 0.179 e. The Morgan fingerprint density at radius 2 is 2.23 bits per heavy atom. The van der Waals surface area contributed by atoms with Gasteiger partial charge in [-0.25, -0.2) is 0 Å². The molecule has 0 heterocycles. The van der Waals surface area contributed by atoms with E-state index in [1.807, 2.05) is 25.2 Å². The molecule has 0 aliphatic heterocycles. The molecule has 0 bridgehead atoms. The van der Waals surface area contributed by atoms with Crippen LogP contribution in [0.25, 0.3) is 0 Å². The lowest BCUT2D eigenvalue weighted by atomic mass is 10.2. The van der Waals surface area contributed by atoms with Crippen molar-refractivity contribution in [1.29, 1.82) is 0 Å². The fourth-order valence-corrected chi connectivity index (χ4v) is 0.662. The Morgan fingerprint density at radius 3 is 2.69 bits per heavy atom. The van der Waals surface area contributed by atoms with Crippen molar-refractivity contribution in [2.75, 3.05) is 13.7 Å². The molecule has 0 radical (unpaired) electrons. The molecular weight excluding hydrogens is 162 g/mol. The molecule has 0 aliphatic rings. The molecular formula is C11H17NO. The van der Waals surface area contributed by atoms with Crippen molar-refractivity contribution in [1.82, 2.24) is 5.32 Å². The molecule has 0 atom stereocenters. The van der Waals surface area contributed by atoms with Crippen LogP contribution in [0.5, 0.6) is 0 Å². The molecule has 0 amide bonds. The topological polar surface area (TPSA) is 21.3 Å². The van der Waals surface area contributed by atoms with Gasteiger partial charge in [-0.15, -0.1) is 0 Å². The van der Waals surface area contributed by atoms with Gasteiger partial charge in [0.15, 0.2) is 5.88 Å². The third kappa shape index (κ3) is 5.79. The lowest BCUT2D eigenvalue weighted by molar-refractivity contribution is 0.224. The molecule has 0 aliphatic carbocycles. The second-order valence-electron chi connectivity index (χ2n) is 2.42. The third-order valence-electron chi connectivity index (χ3n) is 1.51. The number of rotatable bonds is 6. The summed E-state index contributed by atoms with van der Waals surface area (Å²) in [6.07, 6.45) is 7.55. The van der Waals surface area contributed by atoms with Crippen molar-refractivity contribution in [3.63, 3.8) is 0 Å². The summed E-state index contributed by atoms with van der Waals surface area (Å²) < 4.78 is 5.28. The van der Waals surface area contributed by atoms with E-state index in [0.717, 1.165) is 5.57 Å². The van der Waals surface area contributed by atoms with Gasteiger partial charge in [-0.05, 0) is 19.1 Å². The average molecular weight is 179 g/mol. The van der Waals surface area contributed by atoms with Crippen molar-refractivity contribution < 1.29 is 4.74 Å². The van der Waals surface area contributed by atoms with Crippen LogP contribution in [0, 0.1) is 0 Å². The van der Waals surface area contributed by atoms with Crippen molar-refractivity contribution in [2.45, 2.75) is 6.92 Å². The van der Waals surface area contributed by atoms with Gasteiger partial charge in [0.2, 0.25) is 0 Å². The van der Waals surface area contributed by atoms with E-state index in [-0.39, 0.29) is 0 Å². The van der Waals surface area contributed by atoms with Crippen LogP contribution in [0.2, 0.25) is 0 Å². The zero-order chi connectivity index (χ0) is 10.1. The first-order chi connectivity index (χ1) is 6.24. The molecule has 2 nitrogen and oxygen atoms in total. The molecule has 0 aromatic heterocycles. The van der Waals surface area contributed by atoms with Gasteiger partial charge in [-0.2, -0.15) is 0 Å². The van der Waals surface area contributed by atoms with Crippen LogP contribution in [0.4, 0.5) is 0 Å². The van der Waals surface area contributed by atoms with Crippen molar-refractivity contribution in [3.05, 3.63) is 48.9 Å². The number of ether oxygens (including phenoxy) is 1. The first-order valence-electron chi connectivity index (χ1n) is 4.18. The Bertz CT molecular complexity index is 226. The number of hydrogen-bond donors (Lipinski definition) is 1. The molecule has 0 saturated heterocycles. The molecule has 0 aromatic rings. The van der Waals surface area contributed by atoms with E-state index in [4.69, 9.17) is 4.74 Å². The number of allylic oxidation sites excluding steroid dienone is 3. The lowest BCUT2D eigenvalue weighted by Crippen LogP contribution is -2.09. The minimum absolute atomic E-state index is 0.528. The normalized spacial score (nSPS) is 11.4. The quantitative estimate of drug-likeness (QED) is 0.499. The Hall–Kier alpha value is -1.44. The second kappa shape index (κ2) is 7.22. The SMILES string of the molecule is C=C/C=C\C(=C/C)COC(=C)NC. The molecule has 0 rings (SSSR count). The first kappa shape index (κ1) is 11.6. The average Bonchev–Trinajstić information content (AvgIpc) is 2.17. The van der Waals surface area contributed by atoms with E-state index in [0.29, 0.717) is 12.5 Å². The minimum Gasteiger partial charge on any atom is -0.475 e. The second-order valence-corrected chi connectivity index (χ2v) is 2.42. The summed E-state index contributed by atoms with van der Waals surface area (Å²) in [6, 6.07) is 0. The van der Waals surface area contributed by atoms with Crippen LogP contribution in [-0.4, -0.2) is 13.7 Å². The highest BCUT2D eigenvalue weighted by Gasteiger charge is 1.92. The Balaban J connectivity index is 3.94. The van der Waals surface area contributed by atoms with Gasteiger partial charge in [0.1, 0.15) is 6.61 Å². The fraction of sp³-hybridized carbons (Fsp3) is 0.273. The Kier molecular flexibility index (Phi) is 6.42. The molecule has 0 saturated carbocycles. The first-order valence-corrected chi connectivity index (χ1v) is 4.18. The molecule has 2 heteroatoms. The van der Waals surface area contributed by atoms with Crippen LogP contribution >= 0.6 is 0 Å². The van der Waals surface area contributed by atoms with Gasteiger partial charge >= 0.3 is 0 Å². The Labute approximate surface area is 80.3 Å². The lowest BCUT2D eigenvalue weighted by Gasteiger charge is -2.07. The monoisotopic (exact) mass is 179 g/mol. The highest BCUT2D eigenvalue weighted by molar-refractivity contribution is 5.21. The highest BCUT2D eigenvalue weighted by atomic mass is 16.5.